The summed E-state index contributed by atoms with van der Waals surface area (Å²) in [4.78, 5) is 30.0. The van der Waals surface area contributed by atoms with Crippen molar-refractivity contribution in [1.82, 2.24) is 9.88 Å². The molecule has 5 nitrogen and oxygen atoms in total. The van der Waals surface area contributed by atoms with Gasteiger partial charge in [0.25, 0.3) is 0 Å². The molecule has 1 aromatic heterocycles. The lowest BCUT2D eigenvalue weighted by molar-refractivity contribution is -0.132. The Kier molecular flexibility index (Phi) is 4.20. The van der Waals surface area contributed by atoms with Crippen molar-refractivity contribution in [1.29, 1.82) is 0 Å². The first-order chi connectivity index (χ1) is 10.6. The first-order valence-electron chi connectivity index (χ1n) is 7.19. The molecule has 1 aromatic carbocycles. The fourth-order valence-corrected chi connectivity index (χ4v) is 3.42. The van der Waals surface area contributed by atoms with Crippen molar-refractivity contribution in [3.63, 3.8) is 0 Å². The van der Waals surface area contributed by atoms with Crippen molar-refractivity contribution >= 4 is 28.3 Å². The first kappa shape index (κ1) is 14.7. The average molecular weight is 315 g/mol. The average Bonchev–Trinajstić information content (AvgIpc) is 3.00. The van der Waals surface area contributed by atoms with E-state index >= 15 is 0 Å². The van der Waals surface area contributed by atoms with Crippen LogP contribution in [0.15, 0.2) is 35.8 Å². The lowest BCUT2D eigenvalue weighted by Gasteiger charge is -2.36. The number of hydrogen-bond acceptors (Lipinski definition) is 4. The number of hydrogen-bond donors (Lipinski definition) is 1. The molecule has 1 atom stereocenters. The van der Waals surface area contributed by atoms with Gasteiger partial charge in [-0.05, 0) is 17.5 Å². The summed E-state index contributed by atoms with van der Waals surface area (Å²) in [5.41, 5.74) is 2.28. The molecule has 1 aliphatic rings. The lowest BCUT2D eigenvalue weighted by Crippen LogP contribution is -2.40. The highest BCUT2D eigenvalue weighted by atomic mass is 32.1. The van der Waals surface area contributed by atoms with E-state index in [1.807, 2.05) is 23.6 Å². The summed E-state index contributed by atoms with van der Waals surface area (Å²) in [5, 5.41) is 5.19. The van der Waals surface area contributed by atoms with Crippen LogP contribution in [-0.2, 0) is 16.0 Å². The first-order valence-corrected chi connectivity index (χ1v) is 8.07. The predicted molar refractivity (Wildman–Crippen MR) is 85.6 cm³/mol. The molecular weight excluding hydrogens is 298 g/mol. The molecule has 0 fully saturated rings. The van der Waals surface area contributed by atoms with Crippen LogP contribution >= 0.6 is 11.3 Å². The normalized spacial score (nSPS) is 17.0. The predicted octanol–water partition coefficient (Wildman–Crippen LogP) is 2.62. The number of anilines is 1. The minimum Gasteiger partial charge on any atom is -0.335 e. The Labute approximate surface area is 133 Å². The summed E-state index contributed by atoms with van der Waals surface area (Å²) < 4.78 is 0. The summed E-state index contributed by atoms with van der Waals surface area (Å²) >= 11 is 1.38. The largest absolute Gasteiger partial charge is 0.335 e. The van der Waals surface area contributed by atoms with Crippen LogP contribution in [0.4, 0.5) is 5.13 Å². The smallest absolute Gasteiger partial charge is 0.228 e. The minimum atomic E-state index is -0.206. The summed E-state index contributed by atoms with van der Waals surface area (Å²) in [6.45, 7) is 2.21. The summed E-state index contributed by atoms with van der Waals surface area (Å²) in [6.07, 6.45) is 2.73. The van der Waals surface area contributed by atoms with Gasteiger partial charge in [-0.25, -0.2) is 4.98 Å². The fraction of sp³-hybridized carbons (Fsp3) is 0.312. The molecule has 0 spiro atoms. The molecule has 114 valence electrons. The highest BCUT2D eigenvalue weighted by Crippen LogP contribution is 2.32. The number of benzene rings is 1. The Balaban J connectivity index is 1.81. The minimum absolute atomic E-state index is 0.00144. The van der Waals surface area contributed by atoms with Gasteiger partial charge in [-0.2, -0.15) is 0 Å². The maximum Gasteiger partial charge on any atom is 0.228 e. The number of nitrogens with zero attached hydrogens (tertiary/aromatic N) is 2. The van der Waals surface area contributed by atoms with Gasteiger partial charge in [0.15, 0.2) is 5.13 Å². The Morgan fingerprint density at radius 2 is 2.23 bits per heavy atom. The van der Waals surface area contributed by atoms with Crippen molar-refractivity contribution in [2.24, 2.45) is 0 Å². The van der Waals surface area contributed by atoms with Crippen LogP contribution in [0.3, 0.4) is 0 Å². The van der Waals surface area contributed by atoms with Gasteiger partial charge < -0.3 is 10.2 Å². The molecule has 3 rings (SSSR count). The van der Waals surface area contributed by atoms with Crippen molar-refractivity contribution in [3.8, 4) is 0 Å². The van der Waals surface area contributed by atoms with Gasteiger partial charge in [-0.15, -0.1) is 11.3 Å². The van der Waals surface area contributed by atoms with Crippen molar-refractivity contribution in [3.05, 3.63) is 47.0 Å². The van der Waals surface area contributed by atoms with E-state index in [0.29, 0.717) is 11.7 Å². The number of amides is 2. The molecule has 0 saturated heterocycles. The van der Waals surface area contributed by atoms with Gasteiger partial charge in [0.05, 0.1) is 12.5 Å². The number of carbonyl (C=O) groups excluding carboxylic acids is 2. The second kappa shape index (κ2) is 6.27. The number of nitrogens with one attached hydrogen (secondary N) is 1. The maximum absolute atomic E-state index is 12.3. The van der Waals surface area contributed by atoms with Crippen LogP contribution in [0.25, 0.3) is 0 Å². The van der Waals surface area contributed by atoms with E-state index in [1.165, 1.54) is 16.9 Å². The summed E-state index contributed by atoms with van der Waals surface area (Å²) in [7, 11) is 0. The maximum atomic E-state index is 12.3. The van der Waals surface area contributed by atoms with Crippen molar-refractivity contribution in [2.45, 2.75) is 25.8 Å². The number of rotatable bonds is 3. The van der Waals surface area contributed by atoms with E-state index in [4.69, 9.17) is 0 Å². The van der Waals surface area contributed by atoms with Gasteiger partial charge in [0, 0.05) is 25.0 Å². The molecule has 0 bridgehead atoms. The molecule has 1 aliphatic heterocycles. The van der Waals surface area contributed by atoms with Gasteiger partial charge >= 0.3 is 0 Å². The topological polar surface area (TPSA) is 62.3 Å². The number of carbonyl (C=O) groups is 2. The van der Waals surface area contributed by atoms with Gasteiger partial charge in [0.1, 0.15) is 0 Å². The quantitative estimate of drug-likeness (QED) is 0.947. The number of thiazole rings is 1. The van der Waals surface area contributed by atoms with Crippen LogP contribution in [0.5, 0.6) is 0 Å². The molecule has 1 N–H and O–H groups in total. The summed E-state index contributed by atoms with van der Waals surface area (Å²) in [5.74, 6) is -0.121. The molecular formula is C16H17N3O2S. The fourth-order valence-electron chi connectivity index (χ4n) is 2.88. The molecule has 0 saturated carbocycles. The van der Waals surface area contributed by atoms with Crippen LogP contribution in [0.1, 0.15) is 30.5 Å². The van der Waals surface area contributed by atoms with Crippen LogP contribution < -0.4 is 5.32 Å². The van der Waals surface area contributed by atoms with E-state index in [2.05, 4.69) is 16.4 Å². The second-order valence-electron chi connectivity index (χ2n) is 5.27. The molecule has 2 aromatic rings. The lowest BCUT2D eigenvalue weighted by atomic mass is 9.90. The third kappa shape index (κ3) is 3.01. The van der Waals surface area contributed by atoms with Crippen LogP contribution in [0.2, 0.25) is 0 Å². The van der Waals surface area contributed by atoms with Gasteiger partial charge in [-0.1, -0.05) is 24.3 Å². The molecule has 2 amide bonds. The van der Waals surface area contributed by atoms with E-state index in [1.54, 1.807) is 18.0 Å². The van der Waals surface area contributed by atoms with Crippen LogP contribution in [0, 0.1) is 0 Å². The van der Waals surface area contributed by atoms with Crippen LogP contribution in [-0.4, -0.2) is 28.2 Å². The zero-order valence-corrected chi connectivity index (χ0v) is 13.1. The molecule has 0 radical (unpaired) electrons. The Bertz CT molecular complexity index is 684. The molecule has 6 heteroatoms. The van der Waals surface area contributed by atoms with Crippen molar-refractivity contribution in [2.75, 3.05) is 11.9 Å². The third-order valence-corrected chi connectivity index (χ3v) is 4.56. The Morgan fingerprint density at radius 3 is 2.95 bits per heavy atom. The van der Waals surface area contributed by atoms with E-state index < -0.39 is 0 Å². The second-order valence-corrected chi connectivity index (χ2v) is 6.16. The van der Waals surface area contributed by atoms with Crippen molar-refractivity contribution < 1.29 is 9.59 Å². The summed E-state index contributed by atoms with van der Waals surface area (Å²) in [6, 6.07) is 7.82. The number of fused-ring (bicyclic) bond motifs is 1. The van der Waals surface area contributed by atoms with Gasteiger partial charge in [-0.3, -0.25) is 9.59 Å². The Hall–Kier alpha value is -2.21. The monoisotopic (exact) mass is 315 g/mol. The molecule has 2 heterocycles. The third-order valence-electron chi connectivity index (χ3n) is 3.87. The highest BCUT2D eigenvalue weighted by molar-refractivity contribution is 7.13. The van der Waals surface area contributed by atoms with E-state index in [-0.39, 0.29) is 24.3 Å². The van der Waals surface area contributed by atoms with Gasteiger partial charge in [0.2, 0.25) is 11.8 Å². The SMILES string of the molecule is CC(=O)N1CCc2ccccc2[C@@H]1CC(=O)Nc1nccs1. The molecule has 22 heavy (non-hydrogen) atoms. The Morgan fingerprint density at radius 1 is 1.41 bits per heavy atom. The van der Waals surface area contributed by atoms with E-state index in [9.17, 15) is 9.59 Å². The number of aromatic nitrogens is 1. The molecule has 0 aliphatic carbocycles. The molecule has 0 unspecified atom stereocenters. The zero-order valence-electron chi connectivity index (χ0n) is 12.3. The highest BCUT2D eigenvalue weighted by Gasteiger charge is 2.30. The van der Waals surface area contributed by atoms with E-state index in [0.717, 1.165) is 12.0 Å². The standard InChI is InChI=1S/C16H17N3O2S/c1-11(20)19-8-6-12-4-2-3-5-13(12)14(19)10-15(21)18-16-17-7-9-22-16/h2-5,7,9,14H,6,8,10H2,1H3,(H,17,18,21)/t14-/m0/s1. The zero-order chi connectivity index (χ0) is 15.5.